The summed E-state index contributed by atoms with van der Waals surface area (Å²) in [6.45, 7) is 6.83. The third kappa shape index (κ3) is 4.17. The standard InChI is InChI=1S/C14H24N2O/c1-2-3-8-16(10-13-6-9-17-12-13)11-14-5-4-7-15-14/h6,9,12,14-15H,2-5,7-8,10-11H2,1H3. The van der Waals surface area contributed by atoms with Crippen LogP contribution in [-0.2, 0) is 6.54 Å². The first-order chi connectivity index (χ1) is 8.38. The minimum Gasteiger partial charge on any atom is -0.472 e. The molecule has 0 amide bonds. The minimum atomic E-state index is 0.693. The van der Waals surface area contributed by atoms with Crippen LogP contribution in [0.15, 0.2) is 23.0 Å². The molecule has 1 aromatic rings. The second-order valence-electron chi connectivity index (χ2n) is 5.01. The molecule has 1 aromatic heterocycles. The summed E-state index contributed by atoms with van der Waals surface area (Å²) in [5.41, 5.74) is 1.29. The maximum absolute atomic E-state index is 5.15. The molecular weight excluding hydrogens is 212 g/mol. The summed E-state index contributed by atoms with van der Waals surface area (Å²) in [5.74, 6) is 0. The lowest BCUT2D eigenvalue weighted by Crippen LogP contribution is -2.37. The second kappa shape index (κ2) is 6.82. The molecule has 96 valence electrons. The van der Waals surface area contributed by atoms with E-state index in [9.17, 15) is 0 Å². The van der Waals surface area contributed by atoms with E-state index in [2.05, 4.69) is 23.2 Å². The normalized spacial score (nSPS) is 20.2. The molecule has 1 saturated heterocycles. The van der Waals surface area contributed by atoms with Crippen LogP contribution in [0.3, 0.4) is 0 Å². The average molecular weight is 236 g/mol. The van der Waals surface area contributed by atoms with Crippen LogP contribution in [0.5, 0.6) is 0 Å². The molecule has 1 N–H and O–H groups in total. The highest BCUT2D eigenvalue weighted by Crippen LogP contribution is 2.11. The number of nitrogens with zero attached hydrogens (tertiary/aromatic N) is 1. The molecule has 2 rings (SSSR count). The van der Waals surface area contributed by atoms with E-state index >= 15 is 0 Å². The van der Waals surface area contributed by atoms with Gasteiger partial charge in [-0.1, -0.05) is 13.3 Å². The topological polar surface area (TPSA) is 28.4 Å². The number of rotatable bonds is 7. The average Bonchev–Trinajstić information content (AvgIpc) is 2.99. The first kappa shape index (κ1) is 12.7. The fourth-order valence-electron chi connectivity index (χ4n) is 2.48. The lowest BCUT2D eigenvalue weighted by Gasteiger charge is -2.25. The smallest absolute Gasteiger partial charge is 0.0947 e. The van der Waals surface area contributed by atoms with Crippen LogP contribution in [0.4, 0.5) is 0 Å². The first-order valence-corrected chi connectivity index (χ1v) is 6.85. The Bertz CT molecular complexity index is 291. The Labute approximate surface area is 104 Å². The van der Waals surface area contributed by atoms with Gasteiger partial charge in [-0.15, -0.1) is 0 Å². The number of furan rings is 1. The zero-order chi connectivity index (χ0) is 11.9. The SMILES string of the molecule is CCCCN(Cc1ccoc1)CC1CCCN1. The van der Waals surface area contributed by atoms with Gasteiger partial charge in [-0.25, -0.2) is 0 Å². The van der Waals surface area contributed by atoms with E-state index in [4.69, 9.17) is 4.42 Å². The molecule has 1 aliphatic heterocycles. The van der Waals surface area contributed by atoms with Crippen molar-refractivity contribution in [2.24, 2.45) is 0 Å². The van der Waals surface area contributed by atoms with Gasteiger partial charge in [0.25, 0.3) is 0 Å². The maximum Gasteiger partial charge on any atom is 0.0947 e. The van der Waals surface area contributed by atoms with Crippen LogP contribution in [0, 0.1) is 0 Å². The summed E-state index contributed by atoms with van der Waals surface area (Å²) in [7, 11) is 0. The Morgan fingerprint density at radius 3 is 3.12 bits per heavy atom. The molecule has 1 aliphatic rings. The molecule has 0 spiro atoms. The van der Waals surface area contributed by atoms with Gasteiger partial charge in [0.05, 0.1) is 12.5 Å². The number of hydrogen-bond acceptors (Lipinski definition) is 3. The molecule has 0 radical (unpaired) electrons. The largest absolute Gasteiger partial charge is 0.472 e. The lowest BCUT2D eigenvalue weighted by molar-refractivity contribution is 0.237. The molecule has 0 saturated carbocycles. The molecule has 3 heteroatoms. The molecule has 3 nitrogen and oxygen atoms in total. The first-order valence-electron chi connectivity index (χ1n) is 6.85. The van der Waals surface area contributed by atoms with Crippen LogP contribution >= 0.6 is 0 Å². The Hall–Kier alpha value is -0.800. The van der Waals surface area contributed by atoms with Crippen molar-refractivity contribution in [3.05, 3.63) is 24.2 Å². The van der Waals surface area contributed by atoms with Crippen LogP contribution < -0.4 is 5.32 Å². The second-order valence-corrected chi connectivity index (χ2v) is 5.01. The van der Waals surface area contributed by atoms with E-state index < -0.39 is 0 Å². The molecule has 1 fully saturated rings. The fourth-order valence-corrected chi connectivity index (χ4v) is 2.48. The number of nitrogens with one attached hydrogen (secondary N) is 1. The highest BCUT2D eigenvalue weighted by atomic mass is 16.3. The number of unbranched alkanes of at least 4 members (excludes halogenated alkanes) is 1. The van der Waals surface area contributed by atoms with Crippen LogP contribution in [-0.4, -0.2) is 30.6 Å². The van der Waals surface area contributed by atoms with Crippen LogP contribution in [0.2, 0.25) is 0 Å². The molecule has 1 atom stereocenters. The van der Waals surface area contributed by atoms with Gasteiger partial charge in [0, 0.05) is 24.7 Å². The monoisotopic (exact) mass is 236 g/mol. The van der Waals surface area contributed by atoms with Gasteiger partial charge in [0.15, 0.2) is 0 Å². The molecule has 0 bridgehead atoms. The summed E-state index contributed by atoms with van der Waals surface area (Å²) in [5, 5.41) is 3.58. The Morgan fingerprint density at radius 2 is 2.47 bits per heavy atom. The summed E-state index contributed by atoms with van der Waals surface area (Å²) < 4.78 is 5.15. The van der Waals surface area contributed by atoms with Crippen LogP contribution in [0.1, 0.15) is 38.2 Å². The van der Waals surface area contributed by atoms with E-state index in [0.717, 1.165) is 6.54 Å². The zero-order valence-electron chi connectivity index (χ0n) is 10.8. The van der Waals surface area contributed by atoms with Crippen LogP contribution in [0.25, 0.3) is 0 Å². The predicted molar refractivity (Wildman–Crippen MR) is 69.9 cm³/mol. The zero-order valence-corrected chi connectivity index (χ0v) is 10.8. The van der Waals surface area contributed by atoms with Gasteiger partial charge in [0.1, 0.15) is 0 Å². The maximum atomic E-state index is 5.15. The highest BCUT2D eigenvalue weighted by molar-refractivity contribution is 5.05. The van der Waals surface area contributed by atoms with Crippen molar-refractivity contribution in [1.82, 2.24) is 10.2 Å². The van der Waals surface area contributed by atoms with E-state index in [0.29, 0.717) is 6.04 Å². The third-order valence-corrected chi connectivity index (χ3v) is 3.46. The van der Waals surface area contributed by atoms with Crippen molar-refractivity contribution in [2.45, 2.75) is 45.2 Å². The third-order valence-electron chi connectivity index (χ3n) is 3.46. The summed E-state index contributed by atoms with van der Waals surface area (Å²) >= 11 is 0. The molecule has 2 heterocycles. The Balaban J connectivity index is 1.83. The Kier molecular flexibility index (Phi) is 5.08. The summed E-state index contributed by atoms with van der Waals surface area (Å²) in [6, 6.07) is 2.76. The molecule has 0 aromatic carbocycles. The van der Waals surface area contributed by atoms with E-state index in [-0.39, 0.29) is 0 Å². The number of hydrogen-bond donors (Lipinski definition) is 1. The van der Waals surface area contributed by atoms with Gasteiger partial charge in [-0.3, -0.25) is 4.90 Å². The van der Waals surface area contributed by atoms with Crippen molar-refractivity contribution in [2.75, 3.05) is 19.6 Å². The van der Waals surface area contributed by atoms with Crippen molar-refractivity contribution in [3.63, 3.8) is 0 Å². The van der Waals surface area contributed by atoms with Crippen molar-refractivity contribution in [1.29, 1.82) is 0 Å². The molecule has 1 unspecified atom stereocenters. The van der Waals surface area contributed by atoms with Gasteiger partial charge >= 0.3 is 0 Å². The fraction of sp³-hybridized carbons (Fsp3) is 0.714. The molecule has 0 aliphatic carbocycles. The summed E-state index contributed by atoms with van der Waals surface area (Å²) in [6.07, 6.45) is 8.83. The molecule has 17 heavy (non-hydrogen) atoms. The van der Waals surface area contributed by atoms with Crippen molar-refractivity contribution in [3.8, 4) is 0 Å². The quantitative estimate of drug-likeness (QED) is 0.789. The van der Waals surface area contributed by atoms with E-state index in [1.54, 1.807) is 6.26 Å². The Morgan fingerprint density at radius 1 is 1.53 bits per heavy atom. The lowest BCUT2D eigenvalue weighted by atomic mass is 10.2. The van der Waals surface area contributed by atoms with Gasteiger partial charge in [-0.2, -0.15) is 0 Å². The van der Waals surface area contributed by atoms with Crippen molar-refractivity contribution < 1.29 is 4.42 Å². The van der Waals surface area contributed by atoms with E-state index in [1.165, 1.54) is 50.9 Å². The van der Waals surface area contributed by atoms with E-state index in [1.807, 2.05) is 6.26 Å². The summed E-state index contributed by atoms with van der Waals surface area (Å²) in [4.78, 5) is 2.55. The predicted octanol–water partition coefficient (Wildman–Crippen LogP) is 2.63. The minimum absolute atomic E-state index is 0.693. The van der Waals surface area contributed by atoms with Gasteiger partial charge < -0.3 is 9.73 Å². The highest BCUT2D eigenvalue weighted by Gasteiger charge is 2.17. The van der Waals surface area contributed by atoms with Gasteiger partial charge in [0.2, 0.25) is 0 Å². The van der Waals surface area contributed by atoms with Crippen molar-refractivity contribution >= 4 is 0 Å². The van der Waals surface area contributed by atoms with Gasteiger partial charge in [-0.05, 0) is 38.4 Å². The molecular formula is C14H24N2O.